The lowest BCUT2D eigenvalue weighted by atomic mass is 10.0. The number of rotatable bonds is 3. The highest BCUT2D eigenvalue weighted by Crippen LogP contribution is 2.31. The number of aromatic nitrogens is 3. The highest BCUT2D eigenvalue weighted by atomic mass is 16.3. The zero-order chi connectivity index (χ0) is 19.3. The molecule has 0 saturated heterocycles. The SMILES string of the molecule is C[C@@H]1C[C@@H](Nc2ccnc3cc(-c4cccc5ccccc45)nn23)[C@H](O)[C@@H]1O. The van der Waals surface area contributed by atoms with Crippen molar-refractivity contribution in [3.63, 3.8) is 0 Å². The molecule has 2 heterocycles. The third-order valence-electron chi connectivity index (χ3n) is 5.73. The molecule has 28 heavy (non-hydrogen) atoms. The van der Waals surface area contributed by atoms with Gasteiger partial charge < -0.3 is 15.5 Å². The van der Waals surface area contributed by atoms with Gasteiger partial charge in [-0.1, -0.05) is 49.4 Å². The van der Waals surface area contributed by atoms with Gasteiger partial charge in [0.15, 0.2) is 5.65 Å². The molecule has 142 valence electrons. The Labute approximate surface area is 162 Å². The van der Waals surface area contributed by atoms with Crippen LogP contribution < -0.4 is 5.32 Å². The van der Waals surface area contributed by atoms with Crippen molar-refractivity contribution in [3.8, 4) is 11.3 Å². The van der Waals surface area contributed by atoms with Crippen LogP contribution in [0, 0.1) is 5.92 Å². The van der Waals surface area contributed by atoms with Crippen molar-refractivity contribution in [2.75, 3.05) is 5.32 Å². The molecule has 0 unspecified atom stereocenters. The molecular formula is C22H22N4O2. The number of fused-ring (bicyclic) bond motifs is 2. The van der Waals surface area contributed by atoms with E-state index in [1.54, 1.807) is 10.7 Å². The molecule has 5 rings (SSSR count). The maximum absolute atomic E-state index is 10.3. The molecule has 0 radical (unpaired) electrons. The van der Waals surface area contributed by atoms with Gasteiger partial charge in [0, 0.05) is 17.8 Å². The lowest BCUT2D eigenvalue weighted by Gasteiger charge is -2.19. The van der Waals surface area contributed by atoms with E-state index in [4.69, 9.17) is 5.10 Å². The van der Waals surface area contributed by atoms with Crippen LogP contribution in [0.25, 0.3) is 27.7 Å². The van der Waals surface area contributed by atoms with Gasteiger partial charge in [-0.3, -0.25) is 0 Å². The summed E-state index contributed by atoms with van der Waals surface area (Å²) in [6, 6.07) is 18.0. The van der Waals surface area contributed by atoms with Crippen LogP contribution in [-0.2, 0) is 0 Å². The molecule has 0 bridgehead atoms. The van der Waals surface area contributed by atoms with Crippen molar-refractivity contribution in [1.29, 1.82) is 0 Å². The quantitative estimate of drug-likeness (QED) is 0.513. The van der Waals surface area contributed by atoms with E-state index in [9.17, 15) is 10.2 Å². The molecule has 0 amide bonds. The van der Waals surface area contributed by atoms with Crippen molar-refractivity contribution < 1.29 is 10.2 Å². The van der Waals surface area contributed by atoms with Crippen molar-refractivity contribution in [1.82, 2.24) is 14.6 Å². The summed E-state index contributed by atoms with van der Waals surface area (Å²) in [6.07, 6.45) is 0.918. The minimum Gasteiger partial charge on any atom is -0.390 e. The van der Waals surface area contributed by atoms with Gasteiger partial charge in [0.25, 0.3) is 0 Å². The van der Waals surface area contributed by atoms with E-state index in [1.165, 1.54) is 5.39 Å². The predicted octanol–water partition coefficient (Wildman–Crippen LogP) is 3.09. The number of hydrogen-bond donors (Lipinski definition) is 3. The summed E-state index contributed by atoms with van der Waals surface area (Å²) in [7, 11) is 0. The summed E-state index contributed by atoms with van der Waals surface area (Å²) in [5.41, 5.74) is 2.63. The van der Waals surface area contributed by atoms with E-state index in [1.807, 2.05) is 37.3 Å². The molecule has 4 aromatic rings. The Balaban J connectivity index is 1.56. The van der Waals surface area contributed by atoms with Gasteiger partial charge in [-0.2, -0.15) is 9.61 Å². The van der Waals surface area contributed by atoms with E-state index < -0.39 is 12.2 Å². The fourth-order valence-electron chi connectivity index (χ4n) is 4.17. The standard InChI is InChI=1S/C22H22N4O2/c1-13-11-18(22(28)21(13)27)24-19-9-10-23-20-12-17(25-26(19)20)16-8-4-6-14-5-2-3-7-15(14)16/h2-10,12-13,18,21-22,24,27-28H,11H2,1H3/t13-,18-,21-,22+/m1/s1. The number of benzene rings is 2. The summed E-state index contributed by atoms with van der Waals surface area (Å²) in [5.74, 6) is 0.801. The first-order valence-electron chi connectivity index (χ1n) is 9.57. The van der Waals surface area contributed by atoms with Crippen LogP contribution in [0.15, 0.2) is 60.8 Å². The number of nitrogens with one attached hydrogen (secondary N) is 1. The highest BCUT2D eigenvalue weighted by molar-refractivity contribution is 5.96. The smallest absolute Gasteiger partial charge is 0.157 e. The molecule has 1 aliphatic rings. The van der Waals surface area contributed by atoms with Gasteiger partial charge in [-0.25, -0.2) is 4.98 Å². The minimum atomic E-state index is -0.800. The van der Waals surface area contributed by atoms with Crippen LogP contribution in [0.1, 0.15) is 13.3 Å². The Hall–Kier alpha value is -2.96. The maximum atomic E-state index is 10.3. The normalized spacial score (nSPS) is 24.8. The molecule has 4 atom stereocenters. The molecule has 3 N–H and O–H groups in total. The summed E-state index contributed by atoms with van der Waals surface area (Å²) in [5, 5.41) is 30.8. The second-order valence-electron chi connectivity index (χ2n) is 7.60. The first-order chi connectivity index (χ1) is 13.6. The van der Waals surface area contributed by atoms with Gasteiger partial charge in [0.2, 0.25) is 0 Å². The average Bonchev–Trinajstić information content (AvgIpc) is 3.25. The van der Waals surface area contributed by atoms with E-state index in [-0.39, 0.29) is 12.0 Å². The van der Waals surface area contributed by atoms with Crippen LogP contribution in [-0.4, -0.2) is 43.1 Å². The van der Waals surface area contributed by atoms with Gasteiger partial charge in [0.1, 0.15) is 11.9 Å². The van der Waals surface area contributed by atoms with E-state index >= 15 is 0 Å². The first-order valence-corrected chi connectivity index (χ1v) is 9.57. The van der Waals surface area contributed by atoms with Crippen LogP contribution in [0.4, 0.5) is 5.82 Å². The van der Waals surface area contributed by atoms with E-state index in [0.29, 0.717) is 6.42 Å². The molecule has 6 nitrogen and oxygen atoms in total. The Morgan fingerprint density at radius 2 is 1.86 bits per heavy atom. The molecule has 6 heteroatoms. The molecule has 0 spiro atoms. The molecule has 2 aromatic carbocycles. The minimum absolute atomic E-state index is 0.0497. The number of anilines is 1. The lowest BCUT2D eigenvalue weighted by molar-refractivity contribution is 0.0210. The Kier molecular flexibility index (Phi) is 4.03. The van der Waals surface area contributed by atoms with Gasteiger partial charge >= 0.3 is 0 Å². The van der Waals surface area contributed by atoms with Gasteiger partial charge in [0.05, 0.1) is 17.8 Å². The Morgan fingerprint density at radius 3 is 2.68 bits per heavy atom. The predicted molar refractivity (Wildman–Crippen MR) is 109 cm³/mol. The maximum Gasteiger partial charge on any atom is 0.157 e. The fraction of sp³-hybridized carbons (Fsp3) is 0.273. The molecule has 2 aromatic heterocycles. The van der Waals surface area contributed by atoms with Crippen molar-refractivity contribution in [2.24, 2.45) is 5.92 Å². The largest absolute Gasteiger partial charge is 0.390 e. The summed E-state index contributed by atoms with van der Waals surface area (Å²) < 4.78 is 1.76. The van der Waals surface area contributed by atoms with E-state index in [2.05, 4.69) is 34.6 Å². The molecular weight excluding hydrogens is 352 g/mol. The van der Waals surface area contributed by atoms with Gasteiger partial charge in [-0.15, -0.1) is 0 Å². The Bertz CT molecular complexity index is 1150. The molecule has 1 fully saturated rings. The second-order valence-corrected chi connectivity index (χ2v) is 7.60. The fourth-order valence-corrected chi connectivity index (χ4v) is 4.17. The topological polar surface area (TPSA) is 82.7 Å². The summed E-state index contributed by atoms with van der Waals surface area (Å²) in [4.78, 5) is 4.44. The zero-order valence-electron chi connectivity index (χ0n) is 15.5. The van der Waals surface area contributed by atoms with Crippen LogP contribution in [0.3, 0.4) is 0 Å². The third kappa shape index (κ3) is 2.73. The van der Waals surface area contributed by atoms with E-state index in [0.717, 1.165) is 28.1 Å². The van der Waals surface area contributed by atoms with Crippen molar-refractivity contribution in [2.45, 2.75) is 31.6 Å². The monoisotopic (exact) mass is 374 g/mol. The second kappa shape index (κ2) is 6.58. The van der Waals surface area contributed by atoms with Gasteiger partial charge in [-0.05, 0) is 29.2 Å². The first kappa shape index (κ1) is 17.2. The zero-order valence-corrected chi connectivity index (χ0v) is 15.5. The van der Waals surface area contributed by atoms with Crippen LogP contribution >= 0.6 is 0 Å². The number of aliphatic hydroxyl groups is 2. The average molecular weight is 374 g/mol. The number of nitrogens with zero attached hydrogens (tertiary/aromatic N) is 3. The third-order valence-corrected chi connectivity index (χ3v) is 5.73. The number of hydrogen-bond acceptors (Lipinski definition) is 5. The summed E-state index contributed by atoms with van der Waals surface area (Å²) in [6.45, 7) is 1.95. The van der Waals surface area contributed by atoms with Crippen molar-refractivity contribution >= 4 is 22.2 Å². The molecule has 0 aliphatic heterocycles. The van der Waals surface area contributed by atoms with Crippen LogP contribution in [0.5, 0.6) is 0 Å². The molecule has 1 aliphatic carbocycles. The highest BCUT2D eigenvalue weighted by Gasteiger charge is 2.39. The van der Waals surface area contributed by atoms with Crippen LogP contribution in [0.2, 0.25) is 0 Å². The number of aliphatic hydroxyl groups excluding tert-OH is 2. The lowest BCUT2D eigenvalue weighted by Crippen LogP contribution is -2.35. The Morgan fingerprint density at radius 1 is 1.04 bits per heavy atom. The summed E-state index contributed by atoms with van der Waals surface area (Å²) >= 11 is 0. The molecule has 1 saturated carbocycles. The van der Waals surface area contributed by atoms with Crippen molar-refractivity contribution in [3.05, 3.63) is 60.8 Å².